The van der Waals surface area contributed by atoms with E-state index in [0.29, 0.717) is 5.82 Å². The lowest BCUT2D eigenvalue weighted by molar-refractivity contribution is -0.115. The number of aromatic hydroxyl groups is 1. The van der Waals surface area contributed by atoms with Crippen molar-refractivity contribution in [1.82, 2.24) is 5.16 Å². The molecule has 1 amide bonds. The normalized spacial score (nSPS) is 9.95. The number of phenols is 1. The number of hydrogen-bond acceptors (Lipinski definition) is 4. The third-order valence-corrected chi connectivity index (χ3v) is 2.67. The quantitative estimate of drug-likeness (QED) is 0.900. The highest BCUT2D eigenvalue weighted by atomic mass is 16.5. The van der Waals surface area contributed by atoms with E-state index < -0.39 is 0 Å². The van der Waals surface area contributed by atoms with Crippen LogP contribution in [0.2, 0.25) is 0 Å². The van der Waals surface area contributed by atoms with Gasteiger partial charge in [0.15, 0.2) is 5.82 Å². The summed E-state index contributed by atoms with van der Waals surface area (Å²) in [6.45, 7) is 7.98. The maximum Gasteiger partial charge on any atom is 0.230 e. The molecule has 2 rings (SSSR count). The summed E-state index contributed by atoms with van der Waals surface area (Å²) in [6.07, 6.45) is 0.226. The minimum atomic E-state index is -0.172. The highest BCUT2D eigenvalue weighted by Crippen LogP contribution is 2.18. The zero-order chi connectivity index (χ0) is 15.8. The van der Waals surface area contributed by atoms with Crippen LogP contribution in [0.5, 0.6) is 5.75 Å². The van der Waals surface area contributed by atoms with Crippen LogP contribution in [0.15, 0.2) is 34.9 Å². The summed E-state index contributed by atoms with van der Waals surface area (Å²) in [5, 5.41) is 15.6. The van der Waals surface area contributed by atoms with E-state index in [4.69, 9.17) is 9.63 Å². The van der Waals surface area contributed by atoms with Crippen molar-refractivity contribution in [3.8, 4) is 5.75 Å². The summed E-state index contributed by atoms with van der Waals surface area (Å²) in [5.41, 5.74) is 0.822. The van der Waals surface area contributed by atoms with Crippen LogP contribution in [0.3, 0.4) is 0 Å². The first kappa shape index (κ1) is 16.8. The lowest BCUT2D eigenvalue weighted by Crippen LogP contribution is -2.14. The Labute approximate surface area is 125 Å². The van der Waals surface area contributed by atoms with E-state index in [1.165, 1.54) is 0 Å². The van der Waals surface area contributed by atoms with E-state index in [9.17, 15) is 4.79 Å². The Balaban J connectivity index is 0.00000106. The van der Waals surface area contributed by atoms with E-state index in [1.807, 2.05) is 27.7 Å². The number of anilines is 1. The van der Waals surface area contributed by atoms with Gasteiger partial charge < -0.3 is 14.9 Å². The van der Waals surface area contributed by atoms with Crippen molar-refractivity contribution < 1.29 is 14.4 Å². The standard InChI is InChI=1S/C14H16N2O3.C2H6/c1-9(2)12-8-13(16-19-12)15-14(18)7-10-3-5-11(17)6-4-10;1-2/h3-6,8-9,17H,7H2,1-2H3,(H,15,16,18);1-2H3. The smallest absolute Gasteiger partial charge is 0.230 e. The van der Waals surface area contributed by atoms with Crippen LogP contribution in [0.4, 0.5) is 5.82 Å². The first-order valence-electron chi connectivity index (χ1n) is 7.09. The van der Waals surface area contributed by atoms with Crippen molar-refractivity contribution in [2.24, 2.45) is 0 Å². The van der Waals surface area contributed by atoms with Crippen molar-refractivity contribution in [2.75, 3.05) is 5.32 Å². The predicted octanol–water partition coefficient (Wildman–Crippen LogP) is 3.71. The molecule has 0 aliphatic heterocycles. The van der Waals surface area contributed by atoms with Gasteiger partial charge in [0.25, 0.3) is 0 Å². The lowest BCUT2D eigenvalue weighted by atomic mass is 10.1. The van der Waals surface area contributed by atoms with Gasteiger partial charge in [0.05, 0.1) is 6.42 Å². The van der Waals surface area contributed by atoms with E-state index in [-0.39, 0.29) is 24.0 Å². The molecule has 0 unspecified atom stereocenters. The van der Waals surface area contributed by atoms with Crippen LogP contribution in [0, 0.1) is 0 Å². The van der Waals surface area contributed by atoms with Crippen molar-refractivity contribution in [1.29, 1.82) is 0 Å². The van der Waals surface area contributed by atoms with Gasteiger partial charge >= 0.3 is 0 Å². The maximum absolute atomic E-state index is 11.8. The summed E-state index contributed by atoms with van der Waals surface area (Å²) in [5.74, 6) is 1.40. The SMILES string of the molecule is CC.CC(C)c1cc(NC(=O)Cc2ccc(O)cc2)no1. The van der Waals surface area contributed by atoms with Gasteiger partial charge in [0.1, 0.15) is 11.5 Å². The number of benzene rings is 1. The molecular formula is C16H22N2O3. The van der Waals surface area contributed by atoms with Crippen LogP contribution in [-0.4, -0.2) is 16.2 Å². The molecule has 0 radical (unpaired) electrons. The van der Waals surface area contributed by atoms with Gasteiger partial charge in [0, 0.05) is 12.0 Å². The molecule has 0 bridgehead atoms. The minimum absolute atomic E-state index is 0.172. The Hall–Kier alpha value is -2.30. The zero-order valence-electron chi connectivity index (χ0n) is 12.9. The summed E-state index contributed by atoms with van der Waals surface area (Å²) < 4.78 is 5.10. The minimum Gasteiger partial charge on any atom is -0.508 e. The van der Waals surface area contributed by atoms with E-state index in [0.717, 1.165) is 11.3 Å². The molecule has 2 aromatic rings. The van der Waals surface area contributed by atoms with Crippen molar-refractivity contribution in [3.63, 3.8) is 0 Å². The number of rotatable bonds is 4. The molecule has 0 saturated carbocycles. The van der Waals surface area contributed by atoms with Gasteiger partial charge in [-0.15, -0.1) is 0 Å². The van der Waals surface area contributed by atoms with Gasteiger partial charge in [-0.25, -0.2) is 0 Å². The second-order valence-corrected chi connectivity index (χ2v) is 4.66. The Morgan fingerprint density at radius 1 is 1.29 bits per heavy atom. The molecule has 1 aromatic carbocycles. The first-order valence-corrected chi connectivity index (χ1v) is 7.09. The lowest BCUT2D eigenvalue weighted by Gasteiger charge is -2.01. The molecule has 0 aliphatic rings. The molecule has 0 spiro atoms. The largest absolute Gasteiger partial charge is 0.508 e. The first-order chi connectivity index (χ1) is 10.0. The van der Waals surface area contributed by atoms with Crippen LogP contribution in [0.1, 0.15) is 44.9 Å². The Kier molecular flexibility index (Phi) is 6.46. The molecule has 0 aliphatic carbocycles. The van der Waals surface area contributed by atoms with Crippen molar-refractivity contribution in [3.05, 3.63) is 41.7 Å². The van der Waals surface area contributed by atoms with Crippen LogP contribution in [0.25, 0.3) is 0 Å². The number of nitrogens with one attached hydrogen (secondary N) is 1. The number of nitrogens with zero attached hydrogens (tertiary/aromatic N) is 1. The molecule has 0 atom stereocenters. The molecule has 114 valence electrons. The predicted molar refractivity (Wildman–Crippen MR) is 82.4 cm³/mol. The molecule has 1 heterocycles. The number of aromatic nitrogens is 1. The summed E-state index contributed by atoms with van der Waals surface area (Å²) in [7, 11) is 0. The van der Waals surface area contributed by atoms with Crippen molar-refractivity contribution >= 4 is 11.7 Å². The fourth-order valence-electron chi connectivity index (χ4n) is 1.61. The number of phenolic OH excluding ortho intramolecular Hbond substituents is 1. The second-order valence-electron chi connectivity index (χ2n) is 4.66. The molecular weight excluding hydrogens is 268 g/mol. The molecule has 21 heavy (non-hydrogen) atoms. The zero-order valence-corrected chi connectivity index (χ0v) is 12.9. The van der Waals surface area contributed by atoms with Gasteiger partial charge in [0.2, 0.25) is 5.91 Å². The average Bonchev–Trinajstić information content (AvgIpc) is 2.92. The Bertz CT molecular complexity index is 559. The third-order valence-electron chi connectivity index (χ3n) is 2.67. The van der Waals surface area contributed by atoms with E-state index in [1.54, 1.807) is 30.3 Å². The molecule has 0 fully saturated rings. The highest BCUT2D eigenvalue weighted by Gasteiger charge is 2.10. The molecule has 2 N–H and O–H groups in total. The maximum atomic E-state index is 11.8. The van der Waals surface area contributed by atoms with Crippen molar-refractivity contribution in [2.45, 2.75) is 40.0 Å². The molecule has 5 heteroatoms. The summed E-state index contributed by atoms with van der Waals surface area (Å²) in [4.78, 5) is 11.8. The highest BCUT2D eigenvalue weighted by molar-refractivity contribution is 5.91. The van der Waals surface area contributed by atoms with E-state index in [2.05, 4.69) is 10.5 Å². The number of amides is 1. The fraction of sp³-hybridized carbons (Fsp3) is 0.375. The Morgan fingerprint density at radius 2 is 1.90 bits per heavy atom. The average molecular weight is 290 g/mol. The monoisotopic (exact) mass is 290 g/mol. The van der Waals surface area contributed by atoms with Gasteiger partial charge in [-0.3, -0.25) is 4.79 Å². The van der Waals surface area contributed by atoms with Gasteiger partial charge in [-0.05, 0) is 17.7 Å². The van der Waals surface area contributed by atoms with Gasteiger partial charge in [-0.1, -0.05) is 45.0 Å². The van der Waals surface area contributed by atoms with Crippen LogP contribution < -0.4 is 5.32 Å². The fourth-order valence-corrected chi connectivity index (χ4v) is 1.61. The second kappa shape index (κ2) is 8.09. The van der Waals surface area contributed by atoms with Gasteiger partial charge in [-0.2, -0.15) is 0 Å². The molecule has 0 saturated heterocycles. The van der Waals surface area contributed by atoms with E-state index >= 15 is 0 Å². The Morgan fingerprint density at radius 3 is 2.43 bits per heavy atom. The summed E-state index contributed by atoms with van der Waals surface area (Å²) in [6, 6.07) is 8.24. The molecule has 1 aromatic heterocycles. The number of carbonyl (C=O) groups excluding carboxylic acids is 1. The molecule has 5 nitrogen and oxygen atoms in total. The third kappa shape index (κ3) is 5.30. The number of carbonyl (C=O) groups is 1. The summed E-state index contributed by atoms with van der Waals surface area (Å²) >= 11 is 0. The van der Waals surface area contributed by atoms with Crippen LogP contribution in [-0.2, 0) is 11.2 Å². The topological polar surface area (TPSA) is 75.4 Å². The van der Waals surface area contributed by atoms with Crippen LogP contribution >= 0.6 is 0 Å². The number of hydrogen-bond donors (Lipinski definition) is 2.